The second kappa shape index (κ2) is 4.59. The average molecular weight is 302 g/mol. The summed E-state index contributed by atoms with van der Waals surface area (Å²) in [6, 6.07) is 4.47. The topological polar surface area (TPSA) is 131 Å². The number of phenols is 5. The molecular formula is C15H10O7. The van der Waals surface area contributed by atoms with Crippen LogP contribution in [0.5, 0.6) is 28.7 Å². The van der Waals surface area contributed by atoms with Gasteiger partial charge < -0.3 is 29.9 Å². The molecule has 0 fully saturated rings. The number of fused-ring (bicyclic) bond motifs is 1. The van der Waals surface area contributed by atoms with Crippen LogP contribution in [0.25, 0.3) is 22.1 Å². The summed E-state index contributed by atoms with van der Waals surface area (Å²) in [4.78, 5) is 12.5. The first kappa shape index (κ1) is 13.6. The summed E-state index contributed by atoms with van der Waals surface area (Å²) in [5.74, 6) is -2.75. The first-order chi connectivity index (χ1) is 10.4. The van der Waals surface area contributed by atoms with E-state index in [0.717, 1.165) is 24.5 Å². The molecule has 3 rings (SSSR count). The maximum absolute atomic E-state index is 12.5. The van der Waals surface area contributed by atoms with Crippen LogP contribution in [0.4, 0.5) is 0 Å². The zero-order chi connectivity index (χ0) is 16.0. The molecule has 0 bridgehead atoms. The fourth-order valence-electron chi connectivity index (χ4n) is 2.19. The fraction of sp³-hybridized carbons (Fsp3) is 0. The van der Waals surface area contributed by atoms with Gasteiger partial charge >= 0.3 is 0 Å². The van der Waals surface area contributed by atoms with Crippen molar-refractivity contribution < 1.29 is 29.9 Å². The summed E-state index contributed by atoms with van der Waals surface area (Å²) in [6.45, 7) is 0. The van der Waals surface area contributed by atoms with E-state index in [-0.39, 0.29) is 27.8 Å². The van der Waals surface area contributed by atoms with E-state index in [1.165, 1.54) is 6.07 Å². The fourth-order valence-corrected chi connectivity index (χ4v) is 2.19. The van der Waals surface area contributed by atoms with Gasteiger partial charge in [0.15, 0.2) is 11.5 Å². The Morgan fingerprint density at radius 3 is 2.27 bits per heavy atom. The third-order valence-corrected chi connectivity index (χ3v) is 3.26. The summed E-state index contributed by atoms with van der Waals surface area (Å²) in [7, 11) is 0. The van der Waals surface area contributed by atoms with Crippen molar-refractivity contribution in [3.63, 3.8) is 0 Å². The lowest BCUT2D eigenvalue weighted by molar-refractivity contribution is 0.369. The molecule has 1 heterocycles. The quantitative estimate of drug-likeness (QED) is 0.434. The van der Waals surface area contributed by atoms with Crippen LogP contribution in [0.3, 0.4) is 0 Å². The Morgan fingerprint density at radius 2 is 1.55 bits per heavy atom. The molecule has 2 aromatic carbocycles. The highest BCUT2D eigenvalue weighted by Crippen LogP contribution is 2.41. The molecule has 5 N–H and O–H groups in total. The average Bonchev–Trinajstić information content (AvgIpc) is 2.45. The lowest BCUT2D eigenvalue weighted by Crippen LogP contribution is -2.05. The van der Waals surface area contributed by atoms with E-state index in [4.69, 9.17) is 4.42 Å². The van der Waals surface area contributed by atoms with E-state index in [1.54, 1.807) is 0 Å². The molecule has 0 aliphatic carbocycles. The SMILES string of the molecule is O=c1c(-c2ccc(O)c(O)c2O)coc2cc(O)cc(O)c12. The molecular weight excluding hydrogens is 292 g/mol. The molecule has 0 unspecified atom stereocenters. The minimum Gasteiger partial charge on any atom is -0.508 e. The van der Waals surface area contributed by atoms with Gasteiger partial charge in [0.1, 0.15) is 28.7 Å². The van der Waals surface area contributed by atoms with E-state index in [9.17, 15) is 30.3 Å². The van der Waals surface area contributed by atoms with E-state index in [2.05, 4.69) is 0 Å². The highest BCUT2D eigenvalue weighted by atomic mass is 16.3. The minimum absolute atomic E-state index is 0.0336. The van der Waals surface area contributed by atoms with E-state index < -0.39 is 28.4 Å². The number of hydrogen-bond donors (Lipinski definition) is 5. The van der Waals surface area contributed by atoms with Crippen LogP contribution in [-0.2, 0) is 0 Å². The standard InChI is InChI=1S/C15H10O7/c16-6-3-10(18)12-11(4-6)22-5-8(13(12)19)7-1-2-9(17)15(21)14(7)20/h1-5,16-18,20-21H. The van der Waals surface area contributed by atoms with E-state index in [1.807, 2.05) is 0 Å². The van der Waals surface area contributed by atoms with Crippen molar-refractivity contribution in [1.29, 1.82) is 0 Å². The van der Waals surface area contributed by atoms with Crippen molar-refractivity contribution in [2.45, 2.75) is 0 Å². The van der Waals surface area contributed by atoms with Gasteiger partial charge in [0.25, 0.3) is 0 Å². The summed E-state index contributed by atoms with van der Waals surface area (Å²) in [5, 5.41) is 47.7. The van der Waals surface area contributed by atoms with Crippen LogP contribution in [0.2, 0.25) is 0 Å². The van der Waals surface area contributed by atoms with Gasteiger partial charge in [-0.2, -0.15) is 0 Å². The number of benzene rings is 2. The molecule has 0 saturated heterocycles. The molecule has 0 radical (unpaired) electrons. The summed E-state index contributed by atoms with van der Waals surface area (Å²) >= 11 is 0. The van der Waals surface area contributed by atoms with E-state index in [0.29, 0.717) is 0 Å². The predicted octanol–water partition coefficient (Wildman–Crippen LogP) is 1.99. The summed E-state index contributed by atoms with van der Waals surface area (Å²) in [6.07, 6.45) is 1.02. The third kappa shape index (κ3) is 1.87. The van der Waals surface area contributed by atoms with Gasteiger partial charge in [-0.05, 0) is 12.1 Å². The van der Waals surface area contributed by atoms with Gasteiger partial charge in [0.2, 0.25) is 11.2 Å². The van der Waals surface area contributed by atoms with Gasteiger partial charge in [-0.25, -0.2) is 0 Å². The van der Waals surface area contributed by atoms with Crippen molar-refractivity contribution in [2.75, 3.05) is 0 Å². The van der Waals surface area contributed by atoms with Crippen molar-refractivity contribution in [3.05, 3.63) is 40.8 Å². The number of rotatable bonds is 1. The molecule has 0 amide bonds. The van der Waals surface area contributed by atoms with Crippen molar-refractivity contribution >= 4 is 11.0 Å². The molecule has 0 aliphatic rings. The summed E-state index contributed by atoms with van der Waals surface area (Å²) in [5.41, 5.74) is -0.896. The molecule has 0 spiro atoms. The van der Waals surface area contributed by atoms with Crippen LogP contribution in [-0.4, -0.2) is 25.5 Å². The van der Waals surface area contributed by atoms with Gasteiger partial charge in [0, 0.05) is 17.7 Å². The van der Waals surface area contributed by atoms with Crippen LogP contribution < -0.4 is 5.43 Å². The lowest BCUT2D eigenvalue weighted by Gasteiger charge is -2.08. The highest BCUT2D eigenvalue weighted by molar-refractivity contribution is 5.89. The van der Waals surface area contributed by atoms with Gasteiger partial charge in [-0.1, -0.05) is 0 Å². The van der Waals surface area contributed by atoms with Crippen LogP contribution in [0.15, 0.2) is 39.7 Å². The van der Waals surface area contributed by atoms with Crippen molar-refractivity contribution in [2.24, 2.45) is 0 Å². The number of phenolic OH excluding ortho intramolecular Hbond substituents is 5. The molecule has 7 nitrogen and oxygen atoms in total. The Hall–Kier alpha value is -3.35. The first-order valence-electron chi connectivity index (χ1n) is 6.12. The number of hydrogen-bond acceptors (Lipinski definition) is 7. The minimum atomic E-state index is -0.771. The molecule has 0 saturated carbocycles. The molecule has 22 heavy (non-hydrogen) atoms. The largest absolute Gasteiger partial charge is 0.508 e. The van der Waals surface area contributed by atoms with Crippen LogP contribution in [0.1, 0.15) is 0 Å². The molecule has 7 heteroatoms. The Labute approximate surface area is 122 Å². The van der Waals surface area contributed by atoms with Gasteiger partial charge in [0.05, 0.1) is 5.56 Å². The molecule has 112 valence electrons. The molecule has 0 atom stereocenters. The van der Waals surface area contributed by atoms with Crippen LogP contribution in [0, 0.1) is 0 Å². The zero-order valence-corrected chi connectivity index (χ0v) is 10.9. The highest BCUT2D eigenvalue weighted by Gasteiger charge is 2.19. The van der Waals surface area contributed by atoms with Crippen molar-refractivity contribution in [1.82, 2.24) is 0 Å². The Kier molecular flexibility index (Phi) is 2.84. The monoisotopic (exact) mass is 302 g/mol. The maximum Gasteiger partial charge on any atom is 0.204 e. The van der Waals surface area contributed by atoms with Gasteiger partial charge in [-0.15, -0.1) is 0 Å². The van der Waals surface area contributed by atoms with E-state index >= 15 is 0 Å². The molecule has 1 aromatic heterocycles. The van der Waals surface area contributed by atoms with Crippen LogP contribution >= 0.6 is 0 Å². The Morgan fingerprint density at radius 1 is 0.818 bits per heavy atom. The molecule has 3 aromatic rings. The maximum atomic E-state index is 12.5. The smallest absolute Gasteiger partial charge is 0.204 e. The summed E-state index contributed by atoms with van der Waals surface area (Å²) < 4.78 is 5.19. The second-order valence-corrected chi connectivity index (χ2v) is 4.65. The second-order valence-electron chi connectivity index (χ2n) is 4.65. The lowest BCUT2D eigenvalue weighted by atomic mass is 10.0. The predicted molar refractivity (Wildman–Crippen MR) is 76.2 cm³/mol. The van der Waals surface area contributed by atoms with Gasteiger partial charge in [-0.3, -0.25) is 4.79 Å². The number of aromatic hydroxyl groups is 5. The zero-order valence-electron chi connectivity index (χ0n) is 10.9. The first-order valence-corrected chi connectivity index (χ1v) is 6.12. The Bertz CT molecular complexity index is 956. The Balaban J connectivity index is 2.37. The molecule has 0 aliphatic heterocycles. The van der Waals surface area contributed by atoms with Crippen molar-refractivity contribution in [3.8, 4) is 39.9 Å². The normalized spacial score (nSPS) is 10.9. The third-order valence-electron chi connectivity index (χ3n) is 3.26.